The van der Waals surface area contributed by atoms with Crippen LogP contribution < -0.4 is 11.1 Å². The van der Waals surface area contributed by atoms with Gasteiger partial charge in [0.2, 0.25) is 5.91 Å². The van der Waals surface area contributed by atoms with Gasteiger partial charge in [0.1, 0.15) is 11.1 Å². The summed E-state index contributed by atoms with van der Waals surface area (Å²) in [5.74, 6) is 0.0623. The Morgan fingerprint density at radius 2 is 2.22 bits per heavy atom. The van der Waals surface area contributed by atoms with Crippen molar-refractivity contribution in [2.24, 2.45) is 5.73 Å². The fourth-order valence-corrected chi connectivity index (χ4v) is 2.13. The molecule has 1 aliphatic heterocycles. The number of carbonyl (C=O) groups is 1. The van der Waals surface area contributed by atoms with Gasteiger partial charge in [-0.2, -0.15) is 0 Å². The minimum atomic E-state index is -0.227. The van der Waals surface area contributed by atoms with Crippen molar-refractivity contribution in [1.82, 2.24) is 10.2 Å². The first kappa shape index (κ1) is 15.3. The fourth-order valence-electron chi connectivity index (χ4n) is 1.99. The Bertz CT molecular complexity index is 295. The molecule has 1 fully saturated rings. The van der Waals surface area contributed by atoms with Gasteiger partial charge >= 0.3 is 0 Å². The fraction of sp³-hybridized carbons (Fsp3) is 0.833. The zero-order valence-electron chi connectivity index (χ0n) is 11.1. The molecule has 0 aromatic rings. The van der Waals surface area contributed by atoms with Crippen molar-refractivity contribution in [3.05, 3.63) is 0 Å². The first-order valence-electron chi connectivity index (χ1n) is 6.49. The third-order valence-electron chi connectivity index (χ3n) is 3.19. The van der Waals surface area contributed by atoms with E-state index in [2.05, 4.69) is 19.2 Å². The molecule has 0 radical (unpaired) electrons. The lowest BCUT2D eigenvalue weighted by molar-refractivity contribution is -0.124. The zero-order chi connectivity index (χ0) is 13.5. The van der Waals surface area contributed by atoms with E-state index >= 15 is 0 Å². The van der Waals surface area contributed by atoms with Gasteiger partial charge in [-0.05, 0) is 12.8 Å². The molecular weight excluding hydrogens is 250 g/mol. The molecule has 18 heavy (non-hydrogen) atoms. The normalized spacial score (nSPS) is 20.9. The lowest BCUT2D eigenvalue weighted by atomic mass is 10.2. The predicted molar refractivity (Wildman–Crippen MR) is 75.5 cm³/mol. The van der Waals surface area contributed by atoms with E-state index in [-0.39, 0.29) is 18.1 Å². The van der Waals surface area contributed by atoms with E-state index in [9.17, 15) is 4.79 Å². The second kappa shape index (κ2) is 7.66. The summed E-state index contributed by atoms with van der Waals surface area (Å²) in [4.78, 5) is 14.3. The van der Waals surface area contributed by atoms with Gasteiger partial charge in [-0.25, -0.2) is 0 Å². The second-order valence-corrected chi connectivity index (χ2v) is 5.05. The number of hydrogen-bond acceptors (Lipinski definition) is 4. The van der Waals surface area contributed by atoms with Crippen molar-refractivity contribution in [2.45, 2.75) is 38.8 Å². The van der Waals surface area contributed by atoms with Gasteiger partial charge in [-0.1, -0.05) is 26.1 Å². The number of rotatable bonds is 6. The molecule has 0 aromatic heterocycles. The highest BCUT2D eigenvalue weighted by atomic mass is 32.1. The van der Waals surface area contributed by atoms with Crippen molar-refractivity contribution in [2.75, 3.05) is 26.2 Å². The topological polar surface area (TPSA) is 67.6 Å². The van der Waals surface area contributed by atoms with Gasteiger partial charge in [-0.3, -0.25) is 9.69 Å². The summed E-state index contributed by atoms with van der Waals surface area (Å²) in [6.07, 6.45) is 1.69. The molecule has 1 atom stereocenters. The lowest BCUT2D eigenvalue weighted by Crippen LogP contribution is -2.51. The number of amides is 1. The molecule has 1 unspecified atom stereocenters. The van der Waals surface area contributed by atoms with Crippen molar-refractivity contribution in [3.8, 4) is 0 Å². The van der Waals surface area contributed by atoms with Gasteiger partial charge in [0.05, 0.1) is 13.2 Å². The van der Waals surface area contributed by atoms with Crippen LogP contribution in [0.15, 0.2) is 0 Å². The van der Waals surface area contributed by atoms with E-state index in [1.165, 1.54) is 0 Å². The van der Waals surface area contributed by atoms with Gasteiger partial charge in [-0.15, -0.1) is 0 Å². The first-order valence-corrected chi connectivity index (χ1v) is 6.90. The smallest absolute Gasteiger partial charge is 0.234 e. The summed E-state index contributed by atoms with van der Waals surface area (Å²) in [5.41, 5.74) is 5.56. The van der Waals surface area contributed by atoms with Gasteiger partial charge in [0.15, 0.2) is 0 Å². The molecule has 5 nitrogen and oxygen atoms in total. The van der Waals surface area contributed by atoms with Gasteiger partial charge < -0.3 is 15.8 Å². The quantitative estimate of drug-likeness (QED) is 0.680. The Labute approximate surface area is 114 Å². The Balaban J connectivity index is 2.37. The van der Waals surface area contributed by atoms with E-state index in [4.69, 9.17) is 22.7 Å². The van der Waals surface area contributed by atoms with Crippen LogP contribution in [0, 0.1) is 0 Å². The minimum absolute atomic E-state index is 0.0623. The predicted octanol–water partition coefficient (Wildman–Crippen LogP) is 0.278. The number of thiocarbonyl (C=S) groups is 1. The summed E-state index contributed by atoms with van der Waals surface area (Å²) in [5, 5.41) is 3.02. The van der Waals surface area contributed by atoms with Gasteiger partial charge in [0, 0.05) is 19.1 Å². The largest absolute Gasteiger partial charge is 0.391 e. The number of ether oxygens (including phenoxy) is 1. The van der Waals surface area contributed by atoms with E-state index in [0.29, 0.717) is 24.7 Å². The summed E-state index contributed by atoms with van der Waals surface area (Å²) in [6.45, 7) is 6.46. The molecule has 0 aliphatic carbocycles. The molecule has 0 aromatic carbocycles. The Morgan fingerprint density at radius 1 is 1.56 bits per heavy atom. The third kappa shape index (κ3) is 4.88. The minimum Gasteiger partial charge on any atom is -0.391 e. The van der Waals surface area contributed by atoms with Crippen LogP contribution in [0.4, 0.5) is 0 Å². The molecule has 6 heteroatoms. The lowest BCUT2D eigenvalue weighted by Gasteiger charge is -2.32. The molecule has 0 saturated carbocycles. The monoisotopic (exact) mass is 273 g/mol. The molecule has 0 bridgehead atoms. The van der Waals surface area contributed by atoms with E-state index < -0.39 is 0 Å². The number of hydrogen-bond donors (Lipinski definition) is 2. The summed E-state index contributed by atoms with van der Waals surface area (Å²) in [6, 6.07) is 0.268. The van der Waals surface area contributed by atoms with Crippen LogP contribution in [0.2, 0.25) is 0 Å². The van der Waals surface area contributed by atoms with Gasteiger partial charge in [0.25, 0.3) is 0 Å². The summed E-state index contributed by atoms with van der Waals surface area (Å²) >= 11 is 4.92. The molecule has 1 heterocycles. The average Bonchev–Trinajstić information content (AvgIpc) is 2.36. The molecule has 3 N–H and O–H groups in total. The molecule has 1 rings (SSSR count). The average molecular weight is 273 g/mol. The number of nitrogens with one attached hydrogen (secondary N) is 1. The molecule has 104 valence electrons. The maximum Gasteiger partial charge on any atom is 0.234 e. The molecule has 1 amide bonds. The molecular formula is C12H23N3O2S. The van der Waals surface area contributed by atoms with Crippen molar-refractivity contribution in [1.29, 1.82) is 0 Å². The summed E-state index contributed by atoms with van der Waals surface area (Å²) in [7, 11) is 0. The first-order chi connectivity index (χ1) is 8.56. The number of nitrogens with zero attached hydrogens (tertiary/aromatic N) is 1. The van der Waals surface area contributed by atoms with E-state index in [1.807, 2.05) is 4.90 Å². The molecule has 0 spiro atoms. The van der Waals surface area contributed by atoms with E-state index in [0.717, 1.165) is 19.4 Å². The number of nitrogens with two attached hydrogens (primary N) is 1. The van der Waals surface area contributed by atoms with Crippen LogP contribution in [0.3, 0.4) is 0 Å². The van der Waals surface area contributed by atoms with Crippen LogP contribution in [-0.2, 0) is 9.53 Å². The van der Waals surface area contributed by atoms with Crippen molar-refractivity contribution >= 4 is 23.1 Å². The Kier molecular flexibility index (Phi) is 6.52. The highest BCUT2D eigenvalue weighted by molar-refractivity contribution is 7.80. The summed E-state index contributed by atoms with van der Waals surface area (Å²) < 4.78 is 5.44. The maximum atomic E-state index is 11.9. The maximum absolute atomic E-state index is 11.9. The molecule has 1 saturated heterocycles. The zero-order valence-corrected chi connectivity index (χ0v) is 12.0. The third-order valence-corrected chi connectivity index (χ3v) is 3.45. The Hall–Kier alpha value is -0.720. The standard InChI is InChI=1S/C12H23N3O2S/c1-3-9(4-2)14-11(16)8-15-5-6-17-10(7-15)12(13)18/h9-10H,3-8H2,1-2H3,(H2,13,18)(H,14,16). The molecule has 1 aliphatic rings. The van der Waals surface area contributed by atoms with Crippen molar-refractivity contribution < 1.29 is 9.53 Å². The van der Waals surface area contributed by atoms with Crippen LogP contribution in [0.5, 0.6) is 0 Å². The number of carbonyl (C=O) groups excluding carboxylic acids is 1. The Morgan fingerprint density at radius 3 is 2.78 bits per heavy atom. The van der Waals surface area contributed by atoms with Crippen LogP contribution >= 0.6 is 12.2 Å². The SMILES string of the molecule is CCC(CC)NC(=O)CN1CCOC(C(N)=S)C1. The van der Waals surface area contributed by atoms with Crippen LogP contribution in [0.25, 0.3) is 0 Å². The van der Waals surface area contributed by atoms with Crippen LogP contribution in [-0.4, -0.2) is 54.2 Å². The highest BCUT2D eigenvalue weighted by Gasteiger charge is 2.24. The highest BCUT2D eigenvalue weighted by Crippen LogP contribution is 2.05. The van der Waals surface area contributed by atoms with Crippen molar-refractivity contribution in [3.63, 3.8) is 0 Å². The number of morpholine rings is 1. The second-order valence-electron chi connectivity index (χ2n) is 4.58. The van der Waals surface area contributed by atoms with Crippen LogP contribution in [0.1, 0.15) is 26.7 Å². The van der Waals surface area contributed by atoms with E-state index in [1.54, 1.807) is 0 Å².